The fourth-order valence-corrected chi connectivity index (χ4v) is 2.49. The van der Waals surface area contributed by atoms with Gasteiger partial charge in [0.25, 0.3) is 5.91 Å². The highest BCUT2D eigenvalue weighted by molar-refractivity contribution is 5.80. The molecule has 0 heterocycles. The Hall–Kier alpha value is -3.00. The zero-order chi connectivity index (χ0) is 18.9. The van der Waals surface area contributed by atoms with E-state index in [1.165, 1.54) is 0 Å². The molecule has 0 saturated heterocycles. The second kappa shape index (κ2) is 9.47. The highest BCUT2D eigenvalue weighted by Gasteiger charge is 2.19. The number of hydrogen-bond acceptors (Lipinski definition) is 4. The van der Waals surface area contributed by atoms with Gasteiger partial charge in [0.15, 0.2) is 6.10 Å². The number of amides is 1. The van der Waals surface area contributed by atoms with Crippen LogP contribution in [0.5, 0.6) is 11.5 Å². The minimum atomic E-state index is -0.592. The molecular weight excluding hydrogens is 328 g/mol. The number of likely N-dealkylation sites (N-methyl/N-ethyl adjacent to an activating group) is 1. The lowest BCUT2D eigenvalue weighted by Gasteiger charge is -2.22. The van der Waals surface area contributed by atoms with Crippen molar-refractivity contribution in [2.75, 3.05) is 20.2 Å². The van der Waals surface area contributed by atoms with Crippen LogP contribution in [-0.4, -0.2) is 37.1 Å². The first kappa shape index (κ1) is 19.3. The van der Waals surface area contributed by atoms with Crippen molar-refractivity contribution in [3.05, 3.63) is 59.7 Å². The molecule has 0 radical (unpaired) electrons. The Kier molecular flexibility index (Phi) is 7.04. The standard InChI is InChI=1S/C21H24N2O3/c1-16-7-4-5-8-20(16)25-14-6-13-23(3)21(24)17(2)26-19-11-9-18(15-22)10-12-19/h4-5,7-12,17H,6,13-14H2,1-3H3. The molecule has 0 spiro atoms. The third-order valence-electron chi connectivity index (χ3n) is 4.01. The number of benzene rings is 2. The minimum Gasteiger partial charge on any atom is -0.493 e. The molecule has 5 nitrogen and oxygen atoms in total. The summed E-state index contributed by atoms with van der Waals surface area (Å²) in [5.41, 5.74) is 1.66. The topological polar surface area (TPSA) is 62.6 Å². The zero-order valence-corrected chi connectivity index (χ0v) is 15.4. The Morgan fingerprint density at radius 2 is 1.88 bits per heavy atom. The Bertz CT molecular complexity index is 766. The molecule has 5 heteroatoms. The lowest BCUT2D eigenvalue weighted by atomic mass is 10.2. The summed E-state index contributed by atoms with van der Waals surface area (Å²) in [6, 6.07) is 16.6. The van der Waals surface area contributed by atoms with Crippen molar-refractivity contribution in [3.63, 3.8) is 0 Å². The molecule has 0 saturated carbocycles. The van der Waals surface area contributed by atoms with E-state index >= 15 is 0 Å². The van der Waals surface area contributed by atoms with Crippen molar-refractivity contribution in [3.8, 4) is 17.6 Å². The maximum Gasteiger partial charge on any atom is 0.263 e. The number of carbonyl (C=O) groups excluding carboxylic acids is 1. The smallest absolute Gasteiger partial charge is 0.263 e. The van der Waals surface area contributed by atoms with Gasteiger partial charge in [-0.1, -0.05) is 18.2 Å². The van der Waals surface area contributed by atoms with E-state index < -0.39 is 6.10 Å². The van der Waals surface area contributed by atoms with E-state index in [4.69, 9.17) is 14.7 Å². The van der Waals surface area contributed by atoms with E-state index in [2.05, 4.69) is 0 Å². The number of nitrogens with zero attached hydrogens (tertiary/aromatic N) is 2. The van der Waals surface area contributed by atoms with Gasteiger partial charge in [0.2, 0.25) is 0 Å². The Morgan fingerprint density at radius 3 is 2.54 bits per heavy atom. The van der Waals surface area contributed by atoms with Gasteiger partial charge in [-0.15, -0.1) is 0 Å². The molecule has 0 aliphatic carbocycles. The molecule has 0 N–H and O–H groups in total. The molecule has 1 amide bonds. The molecule has 0 fully saturated rings. The third kappa shape index (κ3) is 5.52. The van der Waals surface area contributed by atoms with Crippen LogP contribution in [0, 0.1) is 18.3 Å². The number of hydrogen-bond donors (Lipinski definition) is 0. The van der Waals surface area contributed by atoms with E-state index in [0.717, 1.165) is 17.7 Å². The second-order valence-corrected chi connectivity index (χ2v) is 6.12. The van der Waals surface area contributed by atoms with Crippen molar-refractivity contribution in [2.45, 2.75) is 26.4 Å². The largest absolute Gasteiger partial charge is 0.493 e. The van der Waals surface area contributed by atoms with Gasteiger partial charge >= 0.3 is 0 Å². The van der Waals surface area contributed by atoms with E-state index in [-0.39, 0.29) is 5.91 Å². The molecule has 2 aromatic rings. The third-order valence-corrected chi connectivity index (χ3v) is 4.01. The van der Waals surface area contributed by atoms with Gasteiger partial charge in [-0.25, -0.2) is 0 Å². The first-order chi connectivity index (χ1) is 12.5. The molecule has 0 aromatic heterocycles. The summed E-state index contributed by atoms with van der Waals surface area (Å²) in [6.07, 6.45) is 0.144. The number of carbonyl (C=O) groups is 1. The maximum absolute atomic E-state index is 12.4. The maximum atomic E-state index is 12.4. The summed E-state index contributed by atoms with van der Waals surface area (Å²) in [6.45, 7) is 4.87. The highest BCUT2D eigenvalue weighted by Crippen LogP contribution is 2.16. The molecule has 1 unspecified atom stereocenters. The van der Waals surface area contributed by atoms with Gasteiger partial charge in [0.1, 0.15) is 11.5 Å². The van der Waals surface area contributed by atoms with E-state index in [1.807, 2.05) is 37.3 Å². The summed E-state index contributed by atoms with van der Waals surface area (Å²) in [4.78, 5) is 14.0. The zero-order valence-electron chi connectivity index (χ0n) is 15.4. The Balaban J connectivity index is 1.75. The van der Waals surface area contributed by atoms with Gasteiger partial charge in [0.05, 0.1) is 18.2 Å². The molecule has 1 atom stereocenters. The van der Waals surface area contributed by atoms with E-state index in [9.17, 15) is 4.79 Å². The number of rotatable bonds is 8. The fraction of sp³-hybridized carbons (Fsp3) is 0.333. The van der Waals surface area contributed by atoms with Crippen LogP contribution in [0.4, 0.5) is 0 Å². The minimum absolute atomic E-state index is 0.0924. The van der Waals surface area contributed by atoms with Gasteiger partial charge in [0, 0.05) is 13.6 Å². The quantitative estimate of drug-likeness (QED) is 0.682. The normalized spacial score (nSPS) is 11.3. The van der Waals surface area contributed by atoms with Crippen molar-refractivity contribution in [1.82, 2.24) is 4.90 Å². The predicted molar refractivity (Wildman–Crippen MR) is 100 cm³/mol. The Morgan fingerprint density at radius 1 is 1.19 bits per heavy atom. The predicted octanol–water partition coefficient (Wildman–Crippen LogP) is 3.56. The lowest BCUT2D eigenvalue weighted by molar-refractivity contribution is -0.136. The van der Waals surface area contributed by atoms with Crippen LogP contribution in [0.3, 0.4) is 0 Å². The van der Waals surface area contributed by atoms with Gasteiger partial charge in [-0.2, -0.15) is 5.26 Å². The summed E-state index contributed by atoms with van der Waals surface area (Å²) in [5, 5.41) is 8.80. The highest BCUT2D eigenvalue weighted by atomic mass is 16.5. The van der Waals surface area contributed by atoms with Crippen LogP contribution >= 0.6 is 0 Å². The van der Waals surface area contributed by atoms with Crippen LogP contribution in [0.1, 0.15) is 24.5 Å². The number of aryl methyl sites for hydroxylation is 1. The molecule has 0 bridgehead atoms. The first-order valence-electron chi connectivity index (χ1n) is 8.61. The number of ether oxygens (including phenoxy) is 2. The number of nitriles is 1. The van der Waals surface area contributed by atoms with Gasteiger partial charge in [-0.05, 0) is 56.2 Å². The van der Waals surface area contributed by atoms with Crippen molar-refractivity contribution in [1.29, 1.82) is 5.26 Å². The van der Waals surface area contributed by atoms with Gasteiger partial charge < -0.3 is 14.4 Å². The van der Waals surface area contributed by atoms with E-state index in [0.29, 0.717) is 24.5 Å². The molecule has 2 aromatic carbocycles. The average Bonchev–Trinajstić information content (AvgIpc) is 2.66. The fourth-order valence-electron chi connectivity index (χ4n) is 2.49. The van der Waals surface area contributed by atoms with Crippen LogP contribution in [-0.2, 0) is 4.79 Å². The number of para-hydroxylation sites is 1. The van der Waals surface area contributed by atoms with Crippen LogP contribution in [0.2, 0.25) is 0 Å². The molecule has 0 aliphatic rings. The van der Waals surface area contributed by atoms with Crippen molar-refractivity contribution in [2.24, 2.45) is 0 Å². The van der Waals surface area contributed by atoms with Crippen molar-refractivity contribution >= 4 is 5.91 Å². The van der Waals surface area contributed by atoms with Gasteiger partial charge in [-0.3, -0.25) is 4.79 Å². The van der Waals surface area contributed by atoms with Crippen molar-refractivity contribution < 1.29 is 14.3 Å². The molecular formula is C21H24N2O3. The first-order valence-corrected chi connectivity index (χ1v) is 8.61. The summed E-state index contributed by atoms with van der Waals surface area (Å²) in [7, 11) is 1.76. The van der Waals surface area contributed by atoms with E-state index in [1.54, 1.807) is 43.1 Å². The van der Waals surface area contributed by atoms with Crippen LogP contribution in [0.25, 0.3) is 0 Å². The van der Waals surface area contributed by atoms with Crippen LogP contribution in [0.15, 0.2) is 48.5 Å². The molecule has 26 heavy (non-hydrogen) atoms. The lowest BCUT2D eigenvalue weighted by Crippen LogP contribution is -2.38. The average molecular weight is 352 g/mol. The summed E-state index contributed by atoms with van der Waals surface area (Å²) in [5.74, 6) is 1.35. The summed E-state index contributed by atoms with van der Waals surface area (Å²) >= 11 is 0. The molecule has 136 valence electrons. The second-order valence-electron chi connectivity index (χ2n) is 6.12. The molecule has 2 rings (SSSR count). The SMILES string of the molecule is Cc1ccccc1OCCCN(C)C(=O)C(C)Oc1ccc(C#N)cc1. The summed E-state index contributed by atoms with van der Waals surface area (Å²) < 4.78 is 11.4. The molecule has 0 aliphatic heterocycles. The van der Waals surface area contributed by atoms with Crippen LogP contribution < -0.4 is 9.47 Å². The Labute approximate surface area is 154 Å². The monoisotopic (exact) mass is 352 g/mol.